The summed E-state index contributed by atoms with van der Waals surface area (Å²) in [6.07, 6.45) is 1.56. The van der Waals surface area contributed by atoms with Crippen molar-refractivity contribution in [3.8, 4) is 5.75 Å². The van der Waals surface area contributed by atoms with E-state index in [1.807, 2.05) is 55.5 Å². The van der Waals surface area contributed by atoms with Gasteiger partial charge in [-0.2, -0.15) is 0 Å². The molecule has 0 spiro atoms. The molecule has 2 N–H and O–H groups in total. The number of methoxy groups -OCH3 is 1. The van der Waals surface area contributed by atoms with Crippen molar-refractivity contribution in [2.24, 2.45) is 5.92 Å². The lowest BCUT2D eigenvalue weighted by Gasteiger charge is -2.32. The van der Waals surface area contributed by atoms with Crippen LogP contribution in [-0.4, -0.2) is 37.0 Å². The molecule has 3 rings (SSSR count). The number of carbonyl (C=O) groups is 2. The first-order valence-corrected chi connectivity index (χ1v) is 9.13. The van der Waals surface area contributed by atoms with Crippen molar-refractivity contribution >= 4 is 23.3 Å². The first kappa shape index (κ1) is 18.8. The summed E-state index contributed by atoms with van der Waals surface area (Å²) in [6.45, 7) is 3.01. The molecule has 1 aliphatic rings. The molecule has 6 heteroatoms. The number of para-hydroxylation sites is 1. The van der Waals surface area contributed by atoms with Crippen molar-refractivity contribution < 1.29 is 14.3 Å². The summed E-state index contributed by atoms with van der Waals surface area (Å²) < 4.78 is 5.33. The molecule has 0 saturated carbocycles. The van der Waals surface area contributed by atoms with Gasteiger partial charge in [0, 0.05) is 18.8 Å². The Kier molecular flexibility index (Phi) is 5.96. The van der Waals surface area contributed by atoms with Crippen LogP contribution < -0.4 is 15.4 Å². The normalized spacial score (nSPS) is 16.5. The lowest BCUT2D eigenvalue weighted by atomic mass is 9.97. The third-order valence-electron chi connectivity index (χ3n) is 4.72. The minimum absolute atomic E-state index is 0.0869. The van der Waals surface area contributed by atoms with E-state index in [1.54, 1.807) is 12.0 Å². The molecular weight excluding hydrogens is 342 g/mol. The second-order valence-electron chi connectivity index (χ2n) is 6.77. The fraction of sp³-hybridized carbons (Fsp3) is 0.333. The van der Waals surface area contributed by atoms with Gasteiger partial charge in [-0.25, -0.2) is 4.79 Å². The van der Waals surface area contributed by atoms with Crippen LogP contribution in [0.2, 0.25) is 0 Å². The summed E-state index contributed by atoms with van der Waals surface area (Å²) in [5.74, 6) is 0.296. The molecule has 2 aromatic carbocycles. The summed E-state index contributed by atoms with van der Waals surface area (Å²) >= 11 is 0. The van der Waals surface area contributed by atoms with Gasteiger partial charge >= 0.3 is 6.03 Å². The van der Waals surface area contributed by atoms with E-state index in [4.69, 9.17) is 4.74 Å². The van der Waals surface area contributed by atoms with E-state index in [9.17, 15) is 9.59 Å². The Balaban J connectivity index is 1.63. The van der Waals surface area contributed by atoms with Crippen LogP contribution in [0.3, 0.4) is 0 Å². The average Bonchev–Trinajstić information content (AvgIpc) is 2.69. The number of carbonyl (C=O) groups excluding carboxylic acids is 2. The second-order valence-corrected chi connectivity index (χ2v) is 6.77. The van der Waals surface area contributed by atoms with E-state index >= 15 is 0 Å². The van der Waals surface area contributed by atoms with Crippen molar-refractivity contribution in [3.63, 3.8) is 0 Å². The number of urea groups is 1. The van der Waals surface area contributed by atoms with Gasteiger partial charge in [0.2, 0.25) is 5.91 Å². The van der Waals surface area contributed by atoms with Gasteiger partial charge in [-0.1, -0.05) is 24.3 Å². The Bertz CT molecular complexity index is 808. The smallest absolute Gasteiger partial charge is 0.321 e. The van der Waals surface area contributed by atoms with E-state index in [0.29, 0.717) is 24.5 Å². The lowest BCUT2D eigenvalue weighted by Crippen LogP contribution is -2.45. The zero-order valence-corrected chi connectivity index (χ0v) is 15.7. The molecule has 0 bridgehead atoms. The predicted molar refractivity (Wildman–Crippen MR) is 106 cm³/mol. The summed E-state index contributed by atoms with van der Waals surface area (Å²) in [5, 5.41) is 5.84. The fourth-order valence-corrected chi connectivity index (χ4v) is 3.25. The highest BCUT2D eigenvalue weighted by Gasteiger charge is 2.29. The number of nitrogens with one attached hydrogen (secondary N) is 2. The van der Waals surface area contributed by atoms with E-state index in [1.165, 1.54) is 0 Å². The number of benzene rings is 2. The highest BCUT2D eigenvalue weighted by atomic mass is 16.5. The Labute approximate surface area is 159 Å². The average molecular weight is 367 g/mol. The van der Waals surface area contributed by atoms with Gasteiger partial charge < -0.3 is 20.3 Å². The molecule has 0 unspecified atom stereocenters. The molecule has 142 valence electrons. The topological polar surface area (TPSA) is 70.7 Å². The minimum Gasteiger partial charge on any atom is -0.495 e. The van der Waals surface area contributed by atoms with Crippen LogP contribution >= 0.6 is 0 Å². The maximum absolute atomic E-state index is 12.7. The Morgan fingerprint density at radius 2 is 1.89 bits per heavy atom. The summed E-state index contributed by atoms with van der Waals surface area (Å²) in [7, 11) is 1.58. The minimum atomic E-state index is -0.245. The molecule has 1 heterocycles. The van der Waals surface area contributed by atoms with Gasteiger partial charge in [0.1, 0.15) is 5.75 Å². The van der Waals surface area contributed by atoms with Crippen molar-refractivity contribution in [2.75, 3.05) is 30.8 Å². The standard InChI is InChI=1S/C21H25N3O3/c1-15-10-11-19(27-2)18(13-15)23-20(25)16-7-6-12-24(14-16)21(26)22-17-8-4-3-5-9-17/h3-5,8-11,13,16H,6-7,12,14H2,1-2H3,(H,22,26)(H,23,25)/t16-/m0/s1. The van der Waals surface area contributed by atoms with Gasteiger partial charge in [-0.3, -0.25) is 4.79 Å². The summed E-state index contributed by atoms with van der Waals surface area (Å²) in [4.78, 5) is 27.0. The van der Waals surface area contributed by atoms with Crippen LogP contribution in [0.5, 0.6) is 5.75 Å². The number of aryl methyl sites for hydroxylation is 1. The van der Waals surface area contributed by atoms with Crippen molar-refractivity contribution in [2.45, 2.75) is 19.8 Å². The van der Waals surface area contributed by atoms with Gasteiger partial charge in [0.05, 0.1) is 18.7 Å². The van der Waals surface area contributed by atoms with Crippen LogP contribution in [0.15, 0.2) is 48.5 Å². The molecule has 27 heavy (non-hydrogen) atoms. The zero-order chi connectivity index (χ0) is 19.2. The number of ether oxygens (including phenoxy) is 1. The number of rotatable bonds is 4. The first-order chi connectivity index (χ1) is 13.1. The molecule has 2 aromatic rings. The highest BCUT2D eigenvalue weighted by Crippen LogP contribution is 2.27. The molecule has 1 aliphatic heterocycles. The number of hydrogen-bond acceptors (Lipinski definition) is 3. The number of piperidine rings is 1. The second kappa shape index (κ2) is 8.58. The van der Waals surface area contributed by atoms with Crippen LogP contribution in [0.25, 0.3) is 0 Å². The first-order valence-electron chi connectivity index (χ1n) is 9.13. The monoisotopic (exact) mass is 367 g/mol. The zero-order valence-electron chi connectivity index (χ0n) is 15.7. The van der Waals surface area contributed by atoms with Crippen LogP contribution in [-0.2, 0) is 4.79 Å². The molecule has 1 saturated heterocycles. The molecule has 6 nitrogen and oxygen atoms in total. The predicted octanol–water partition coefficient (Wildman–Crippen LogP) is 3.89. The third kappa shape index (κ3) is 4.78. The van der Waals surface area contributed by atoms with Crippen molar-refractivity contribution in [1.82, 2.24) is 4.90 Å². The number of hydrogen-bond donors (Lipinski definition) is 2. The molecule has 1 fully saturated rings. The third-order valence-corrected chi connectivity index (χ3v) is 4.72. The largest absolute Gasteiger partial charge is 0.495 e. The van der Waals surface area contributed by atoms with Gasteiger partial charge in [0.25, 0.3) is 0 Å². The molecular formula is C21H25N3O3. The van der Waals surface area contributed by atoms with Crippen molar-refractivity contribution in [1.29, 1.82) is 0 Å². The molecule has 0 aromatic heterocycles. The maximum atomic E-state index is 12.7. The van der Waals surface area contributed by atoms with E-state index in [0.717, 1.165) is 24.1 Å². The van der Waals surface area contributed by atoms with Gasteiger partial charge in [0.15, 0.2) is 0 Å². The highest BCUT2D eigenvalue weighted by molar-refractivity contribution is 5.95. The van der Waals surface area contributed by atoms with Crippen molar-refractivity contribution in [3.05, 3.63) is 54.1 Å². The quantitative estimate of drug-likeness (QED) is 0.861. The molecule has 0 aliphatic carbocycles. The molecule has 3 amide bonds. The van der Waals surface area contributed by atoms with Gasteiger partial charge in [-0.05, 0) is 49.6 Å². The number of anilines is 2. The maximum Gasteiger partial charge on any atom is 0.321 e. The van der Waals surface area contributed by atoms with E-state index in [-0.39, 0.29) is 17.9 Å². The number of nitrogens with zero attached hydrogens (tertiary/aromatic N) is 1. The SMILES string of the molecule is COc1ccc(C)cc1NC(=O)[C@H]1CCCN(C(=O)Nc2ccccc2)C1. The Morgan fingerprint density at radius 1 is 1.11 bits per heavy atom. The van der Waals surface area contributed by atoms with Crippen LogP contribution in [0, 0.1) is 12.8 Å². The lowest BCUT2D eigenvalue weighted by molar-refractivity contribution is -0.121. The van der Waals surface area contributed by atoms with E-state index in [2.05, 4.69) is 10.6 Å². The molecule has 0 radical (unpaired) electrons. The summed E-state index contributed by atoms with van der Waals surface area (Å²) in [6, 6.07) is 14.8. The number of amides is 3. The van der Waals surface area contributed by atoms with Crippen LogP contribution in [0.4, 0.5) is 16.2 Å². The molecule has 1 atom stereocenters. The van der Waals surface area contributed by atoms with Crippen LogP contribution in [0.1, 0.15) is 18.4 Å². The fourth-order valence-electron chi connectivity index (χ4n) is 3.25. The number of likely N-dealkylation sites (tertiary alicyclic amines) is 1. The Morgan fingerprint density at radius 3 is 2.63 bits per heavy atom. The summed E-state index contributed by atoms with van der Waals surface area (Å²) in [5.41, 5.74) is 2.45. The Hall–Kier alpha value is -3.02. The van der Waals surface area contributed by atoms with Gasteiger partial charge in [-0.15, -0.1) is 0 Å². The van der Waals surface area contributed by atoms with E-state index < -0.39 is 0 Å².